The van der Waals surface area contributed by atoms with Gasteiger partial charge in [-0.1, -0.05) is 6.07 Å². The second kappa shape index (κ2) is 6.70. The Kier molecular flexibility index (Phi) is 4.09. The van der Waals surface area contributed by atoms with Crippen molar-refractivity contribution in [2.24, 2.45) is 0 Å². The molecule has 3 aromatic heterocycles. The van der Waals surface area contributed by atoms with Crippen LogP contribution in [-0.4, -0.2) is 15.0 Å². The molecule has 122 valence electrons. The predicted molar refractivity (Wildman–Crippen MR) is 92.8 cm³/mol. The van der Waals surface area contributed by atoms with Crippen molar-refractivity contribution in [3.63, 3.8) is 0 Å². The number of rotatable bonds is 4. The van der Waals surface area contributed by atoms with Crippen LogP contribution >= 0.6 is 0 Å². The summed E-state index contributed by atoms with van der Waals surface area (Å²) in [7, 11) is 0. The molecule has 0 aromatic carbocycles. The lowest BCUT2D eigenvalue weighted by Crippen LogP contribution is -2.02. The lowest BCUT2D eigenvalue weighted by Gasteiger charge is -2.12. The molecule has 3 aromatic rings. The fourth-order valence-electron chi connectivity index (χ4n) is 3.10. The summed E-state index contributed by atoms with van der Waals surface area (Å²) < 4.78 is 5.88. The summed E-state index contributed by atoms with van der Waals surface area (Å²) in [6.07, 6.45) is 6.57. The van der Waals surface area contributed by atoms with Crippen LogP contribution in [0.4, 0.5) is 0 Å². The molecule has 0 bridgehead atoms. The third kappa shape index (κ3) is 3.20. The van der Waals surface area contributed by atoms with E-state index in [2.05, 4.69) is 21.0 Å². The van der Waals surface area contributed by atoms with Crippen molar-refractivity contribution in [3.05, 3.63) is 71.4 Å². The standard InChI is InChI=1S/C20H16N4O/c21-11-15-8-7-14(12-23-15)18-10-20(24-19-6-3-5-17(18)19)25-13-16-4-1-2-9-22-16/h1-2,4,7-10,12H,3,5-6,13H2. The van der Waals surface area contributed by atoms with Crippen molar-refractivity contribution in [3.8, 4) is 23.1 Å². The van der Waals surface area contributed by atoms with Gasteiger partial charge >= 0.3 is 0 Å². The molecule has 0 atom stereocenters. The van der Waals surface area contributed by atoms with Gasteiger partial charge in [-0.25, -0.2) is 9.97 Å². The van der Waals surface area contributed by atoms with E-state index in [0.29, 0.717) is 18.2 Å². The van der Waals surface area contributed by atoms with E-state index in [1.807, 2.05) is 30.3 Å². The molecule has 0 radical (unpaired) electrons. The van der Waals surface area contributed by atoms with E-state index in [1.165, 1.54) is 5.56 Å². The second-order valence-electron chi connectivity index (χ2n) is 5.94. The normalized spacial score (nSPS) is 12.4. The zero-order chi connectivity index (χ0) is 17.1. The van der Waals surface area contributed by atoms with Crippen LogP contribution in [0.1, 0.15) is 29.1 Å². The number of pyridine rings is 3. The molecule has 0 fully saturated rings. The molecule has 0 N–H and O–H groups in total. The predicted octanol–water partition coefficient (Wildman–Crippen LogP) is 3.48. The Morgan fingerprint density at radius 1 is 1.12 bits per heavy atom. The molecule has 0 spiro atoms. The minimum absolute atomic E-state index is 0.387. The molecular weight excluding hydrogens is 312 g/mol. The Labute approximate surface area is 146 Å². The minimum atomic E-state index is 0.387. The minimum Gasteiger partial charge on any atom is -0.471 e. The topological polar surface area (TPSA) is 71.7 Å². The van der Waals surface area contributed by atoms with Crippen LogP contribution in [0.25, 0.3) is 11.1 Å². The first kappa shape index (κ1) is 15.3. The highest BCUT2D eigenvalue weighted by molar-refractivity contribution is 5.69. The first-order valence-electron chi connectivity index (χ1n) is 8.25. The molecule has 1 aliphatic rings. The summed E-state index contributed by atoms with van der Waals surface area (Å²) in [5, 5.41) is 8.93. The SMILES string of the molecule is N#Cc1ccc(-c2cc(OCc3ccccn3)nc3c2CCC3)cn1. The van der Waals surface area contributed by atoms with Gasteiger partial charge in [0.2, 0.25) is 5.88 Å². The van der Waals surface area contributed by atoms with Crippen LogP contribution in [-0.2, 0) is 19.4 Å². The van der Waals surface area contributed by atoms with Crippen LogP contribution in [0.15, 0.2) is 48.8 Å². The number of ether oxygens (including phenoxy) is 1. The average Bonchev–Trinajstić information content (AvgIpc) is 3.15. The summed E-state index contributed by atoms with van der Waals surface area (Å²) in [6, 6.07) is 13.4. The fraction of sp³-hybridized carbons (Fsp3) is 0.200. The van der Waals surface area contributed by atoms with Crippen molar-refractivity contribution < 1.29 is 4.74 Å². The molecule has 0 aliphatic heterocycles. The number of hydrogen-bond donors (Lipinski definition) is 0. The molecule has 0 unspecified atom stereocenters. The lowest BCUT2D eigenvalue weighted by molar-refractivity contribution is 0.288. The largest absolute Gasteiger partial charge is 0.471 e. The first-order chi connectivity index (χ1) is 12.3. The van der Waals surface area contributed by atoms with E-state index in [-0.39, 0.29) is 0 Å². The van der Waals surface area contributed by atoms with Crippen LogP contribution < -0.4 is 4.74 Å². The van der Waals surface area contributed by atoms with E-state index in [1.54, 1.807) is 18.5 Å². The van der Waals surface area contributed by atoms with Crippen LogP contribution in [0.3, 0.4) is 0 Å². The Hall–Kier alpha value is -3.26. The molecule has 25 heavy (non-hydrogen) atoms. The van der Waals surface area contributed by atoms with E-state index in [9.17, 15) is 0 Å². The van der Waals surface area contributed by atoms with Crippen LogP contribution in [0.5, 0.6) is 5.88 Å². The second-order valence-corrected chi connectivity index (χ2v) is 5.94. The first-order valence-corrected chi connectivity index (χ1v) is 8.25. The molecule has 1 aliphatic carbocycles. The highest BCUT2D eigenvalue weighted by atomic mass is 16.5. The van der Waals surface area contributed by atoms with Crippen molar-refractivity contribution in [1.82, 2.24) is 15.0 Å². The Balaban J connectivity index is 1.66. The van der Waals surface area contributed by atoms with E-state index in [0.717, 1.165) is 41.8 Å². The number of aromatic nitrogens is 3. The summed E-state index contributed by atoms with van der Waals surface area (Å²) in [5.74, 6) is 0.602. The third-order valence-corrected chi connectivity index (χ3v) is 4.31. The summed E-state index contributed by atoms with van der Waals surface area (Å²) >= 11 is 0. The van der Waals surface area contributed by atoms with Crippen molar-refractivity contribution >= 4 is 0 Å². The fourth-order valence-corrected chi connectivity index (χ4v) is 3.10. The van der Waals surface area contributed by atoms with Gasteiger partial charge in [-0.2, -0.15) is 5.26 Å². The van der Waals surface area contributed by atoms with Gasteiger partial charge in [0, 0.05) is 29.7 Å². The number of nitriles is 1. The van der Waals surface area contributed by atoms with Gasteiger partial charge in [-0.15, -0.1) is 0 Å². The summed E-state index contributed by atoms with van der Waals surface area (Å²) in [5.41, 5.74) is 5.72. The monoisotopic (exact) mass is 328 g/mol. The van der Waals surface area contributed by atoms with Gasteiger partial charge in [-0.05, 0) is 54.7 Å². The van der Waals surface area contributed by atoms with Crippen LogP contribution in [0.2, 0.25) is 0 Å². The van der Waals surface area contributed by atoms with Crippen molar-refractivity contribution in [2.75, 3.05) is 0 Å². The number of hydrogen-bond acceptors (Lipinski definition) is 5. The number of fused-ring (bicyclic) bond motifs is 1. The Bertz CT molecular complexity index is 930. The van der Waals surface area contributed by atoms with Gasteiger partial charge in [0.1, 0.15) is 18.4 Å². The maximum absolute atomic E-state index is 8.93. The molecular formula is C20H16N4O. The van der Waals surface area contributed by atoms with Crippen LogP contribution in [0, 0.1) is 11.3 Å². The average molecular weight is 328 g/mol. The molecule has 0 saturated heterocycles. The maximum atomic E-state index is 8.93. The molecule has 4 rings (SSSR count). The van der Waals surface area contributed by atoms with Crippen molar-refractivity contribution in [2.45, 2.75) is 25.9 Å². The highest BCUT2D eigenvalue weighted by Crippen LogP contribution is 2.34. The number of nitrogens with zero attached hydrogens (tertiary/aromatic N) is 4. The molecule has 3 heterocycles. The van der Waals surface area contributed by atoms with Crippen molar-refractivity contribution in [1.29, 1.82) is 5.26 Å². The van der Waals surface area contributed by atoms with E-state index in [4.69, 9.17) is 10.00 Å². The zero-order valence-corrected chi connectivity index (χ0v) is 13.6. The highest BCUT2D eigenvalue weighted by Gasteiger charge is 2.19. The molecule has 5 nitrogen and oxygen atoms in total. The molecule has 0 saturated carbocycles. The molecule has 5 heteroatoms. The third-order valence-electron chi connectivity index (χ3n) is 4.31. The van der Waals surface area contributed by atoms with Gasteiger partial charge in [-0.3, -0.25) is 4.98 Å². The Morgan fingerprint density at radius 3 is 2.84 bits per heavy atom. The van der Waals surface area contributed by atoms with Gasteiger partial charge < -0.3 is 4.74 Å². The Morgan fingerprint density at radius 2 is 2.08 bits per heavy atom. The lowest BCUT2D eigenvalue weighted by atomic mass is 10.0. The maximum Gasteiger partial charge on any atom is 0.214 e. The number of aryl methyl sites for hydroxylation is 1. The van der Waals surface area contributed by atoms with Gasteiger partial charge in [0.05, 0.1) is 5.69 Å². The smallest absolute Gasteiger partial charge is 0.214 e. The zero-order valence-electron chi connectivity index (χ0n) is 13.6. The van der Waals surface area contributed by atoms with E-state index >= 15 is 0 Å². The van der Waals surface area contributed by atoms with Gasteiger partial charge in [0.25, 0.3) is 0 Å². The summed E-state index contributed by atoms with van der Waals surface area (Å²) in [4.78, 5) is 13.1. The van der Waals surface area contributed by atoms with E-state index < -0.39 is 0 Å². The summed E-state index contributed by atoms with van der Waals surface area (Å²) in [6.45, 7) is 0.387. The quantitative estimate of drug-likeness (QED) is 0.733. The van der Waals surface area contributed by atoms with Gasteiger partial charge in [0.15, 0.2) is 0 Å². The molecule has 0 amide bonds.